The van der Waals surface area contributed by atoms with Crippen LogP contribution in [0.1, 0.15) is 29.7 Å². The highest BCUT2D eigenvalue weighted by atomic mass is 16.5. The number of terminal acetylenes is 1. The highest BCUT2D eigenvalue weighted by molar-refractivity contribution is 5.43. The molecule has 3 aromatic rings. The van der Waals surface area contributed by atoms with Crippen LogP contribution < -0.4 is 4.74 Å². The maximum absolute atomic E-state index is 10.7. The van der Waals surface area contributed by atoms with E-state index in [1.54, 1.807) is 0 Å². The summed E-state index contributed by atoms with van der Waals surface area (Å²) < 4.78 is 19.6. The lowest BCUT2D eigenvalue weighted by Crippen LogP contribution is -2.39. The summed E-state index contributed by atoms with van der Waals surface area (Å²) >= 11 is 0. The van der Waals surface area contributed by atoms with Crippen molar-refractivity contribution in [2.75, 3.05) is 32.9 Å². The summed E-state index contributed by atoms with van der Waals surface area (Å²) in [6, 6.07) is 18.0. The van der Waals surface area contributed by atoms with Gasteiger partial charge in [-0.25, -0.2) is 4.68 Å². The minimum atomic E-state index is -0.675. The normalized spacial score (nSPS) is 16.2. The molecule has 0 amide bonds. The Hall–Kier alpha value is -3.15. The fourth-order valence-corrected chi connectivity index (χ4v) is 4.40. The summed E-state index contributed by atoms with van der Waals surface area (Å²) in [5, 5.41) is 15.5. The van der Waals surface area contributed by atoms with Crippen molar-refractivity contribution < 1.29 is 19.3 Å². The van der Waals surface area contributed by atoms with Crippen molar-refractivity contribution in [2.45, 2.75) is 45.4 Å². The van der Waals surface area contributed by atoms with Crippen molar-refractivity contribution in [1.82, 2.24) is 14.7 Å². The third-order valence-electron chi connectivity index (χ3n) is 6.21. The number of para-hydroxylation sites is 1. The number of aryl methyl sites for hydroxylation is 2. The van der Waals surface area contributed by atoms with Crippen LogP contribution in [0.25, 0.3) is 5.69 Å². The first-order valence-corrected chi connectivity index (χ1v) is 12.4. The van der Waals surface area contributed by atoms with Gasteiger partial charge in [-0.3, -0.25) is 4.90 Å². The maximum atomic E-state index is 10.7. The van der Waals surface area contributed by atoms with E-state index in [4.69, 9.17) is 25.7 Å². The third-order valence-corrected chi connectivity index (χ3v) is 6.21. The van der Waals surface area contributed by atoms with Crippen LogP contribution in [0.3, 0.4) is 0 Å². The van der Waals surface area contributed by atoms with Gasteiger partial charge in [-0.1, -0.05) is 41.8 Å². The molecule has 7 heteroatoms. The van der Waals surface area contributed by atoms with Gasteiger partial charge in [-0.05, 0) is 51.0 Å². The van der Waals surface area contributed by atoms with E-state index in [-0.39, 0.29) is 19.3 Å². The standard InChI is InChI=1S/C29H35N3O4/c1-4-16-34-21-25(33)18-31(19-27-11-8-17-35-27)20-28-23(3)30-32(24-9-6-5-7-10-24)29(28)36-26-14-12-22(2)13-15-26/h1,5-7,9-10,12-15,25,27,33H,8,11,16-21H2,2-3H3/t25-,27-/m0/s1. The number of aliphatic hydroxyl groups excluding tert-OH is 1. The van der Waals surface area contributed by atoms with E-state index in [1.165, 1.54) is 5.56 Å². The molecule has 1 aromatic heterocycles. The van der Waals surface area contributed by atoms with Gasteiger partial charge in [0.05, 0.1) is 35.8 Å². The molecule has 2 heterocycles. The summed E-state index contributed by atoms with van der Waals surface area (Å²) in [6.45, 7) is 6.85. The first-order valence-electron chi connectivity index (χ1n) is 12.4. The lowest BCUT2D eigenvalue weighted by atomic mass is 10.1. The van der Waals surface area contributed by atoms with Crippen LogP contribution in [0.2, 0.25) is 0 Å². The second-order valence-electron chi connectivity index (χ2n) is 9.23. The monoisotopic (exact) mass is 489 g/mol. The minimum Gasteiger partial charge on any atom is -0.439 e. The van der Waals surface area contributed by atoms with E-state index in [0.29, 0.717) is 25.5 Å². The zero-order chi connectivity index (χ0) is 25.3. The Labute approximate surface area is 213 Å². The first kappa shape index (κ1) is 25.9. The lowest BCUT2D eigenvalue weighted by molar-refractivity contribution is 0.00935. The van der Waals surface area contributed by atoms with Crippen molar-refractivity contribution in [2.24, 2.45) is 0 Å². The van der Waals surface area contributed by atoms with Gasteiger partial charge in [0.15, 0.2) is 0 Å². The van der Waals surface area contributed by atoms with Crippen LogP contribution in [0.5, 0.6) is 11.6 Å². The molecule has 2 atom stereocenters. The van der Waals surface area contributed by atoms with Gasteiger partial charge >= 0.3 is 0 Å². The topological polar surface area (TPSA) is 69.0 Å². The maximum Gasteiger partial charge on any atom is 0.227 e. The van der Waals surface area contributed by atoms with E-state index in [2.05, 4.69) is 17.7 Å². The molecular formula is C29H35N3O4. The molecule has 36 heavy (non-hydrogen) atoms. The van der Waals surface area contributed by atoms with Crippen molar-refractivity contribution in [3.8, 4) is 29.7 Å². The van der Waals surface area contributed by atoms with Crippen LogP contribution in [0, 0.1) is 26.2 Å². The molecule has 4 rings (SSSR count). The SMILES string of the molecule is C#CCOC[C@@H](O)CN(Cc1c(C)nn(-c2ccccc2)c1Oc1ccc(C)cc1)C[C@@H]1CCCO1. The summed E-state index contributed by atoms with van der Waals surface area (Å²) in [5.74, 6) is 3.85. The molecule has 0 bridgehead atoms. The van der Waals surface area contributed by atoms with Gasteiger partial charge < -0.3 is 19.3 Å². The smallest absolute Gasteiger partial charge is 0.227 e. The van der Waals surface area contributed by atoms with Gasteiger partial charge in [0.25, 0.3) is 0 Å². The Morgan fingerprint density at radius 1 is 1.19 bits per heavy atom. The minimum absolute atomic E-state index is 0.134. The van der Waals surface area contributed by atoms with Gasteiger partial charge in [-0.15, -0.1) is 6.42 Å². The van der Waals surface area contributed by atoms with E-state index in [9.17, 15) is 5.11 Å². The molecule has 1 saturated heterocycles. The molecule has 1 fully saturated rings. The number of ether oxygens (including phenoxy) is 3. The van der Waals surface area contributed by atoms with Crippen molar-refractivity contribution >= 4 is 0 Å². The average molecular weight is 490 g/mol. The molecule has 190 valence electrons. The van der Waals surface area contributed by atoms with Crippen molar-refractivity contribution in [3.05, 3.63) is 71.4 Å². The van der Waals surface area contributed by atoms with Gasteiger partial charge in [0.2, 0.25) is 5.88 Å². The highest BCUT2D eigenvalue weighted by Crippen LogP contribution is 2.32. The number of aliphatic hydroxyl groups is 1. The van der Waals surface area contributed by atoms with E-state index in [1.807, 2.05) is 66.2 Å². The zero-order valence-corrected chi connectivity index (χ0v) is 21.1. The predicted octanol–water partition coefficient (Wildman–Crippen LogP) is 4.27. The number of aromatic nitrogens is 2. The van der Waals surface area contributed by atoms with Gasteiger partial charge in [0.1, 0.15) is 12.4 Å². The average Bonchev–Trinajstić information content (AvgIpc) is 3.49. The third kappa shape index (κ3) is 6.96. The number of nitrogens with zero attached hydrogens (tertiary/aromatic N) is 3. The van der Waals surface area contributed by atoms with Gasteiger partial charge in [0, 0.05) is 26.2 Å². The molecule has 0 saturated carbocycles. The molecule has 0 radical (unpaired) electrons. The van der Waals surface area contributed by atoms with Crippen molar-refractivity contribution in [1.29, 1.82) is 0 Å². The molecule has 0 spiro atoms. The van der Waals surface area contributed by atoms with Gasteiger partial charge in [-0.2, -0.15) is 5.10 Å². The molecule has 1 N–H and O–H groups in total. The Bertz CT molecular complexity index is 1130. The van der Waals surface area contributed by atoms with Crippen LogP contribution in [-0.2, 0) is 16.0 Å². The number of hydrogen-bond acceptors (Lipinski definition) is 6. The summed E-state index contributed by atoms with van der Waals surface area (Å²) in [6.07, 6.45) is 6.80. The second-order valence-corrected chi connectivity index (χ2v) is 9.23. The van der Waals surface area contributed by atoms with Crippen LogP contribution >= 0.6 is 0 Å². The van der Waals surface area contributed by atoms with E-state index >= 15 is 0 Å². The van der Waals surface area contributed by atoms with Crippen LogP contribution in [0.4, 0.5) is 0 Å². The van der Waals surface area contributed by atoms with E-state index < -0.39 is 6.10 Å². The molecule has 2 aromatic carbocycles. The first-order chi connectivity index (χ1) is 17.5. The molecule has 1 aliphatic rings. The largest absolute Gasteiger partial charge is 0.439 e. The molecular weight excluding hydrogens is 454 g/mol. The lowest BCUT2D eigenvalue weighted by Gasteiger charge is -2.27. The quantitative estimate of drug-likeness (QED) is 0.303. The molecule has 0 unspecified atom stereocenters. The molecule has 0 aliphatic carbocycles. The van der Waals surface area contributed by atoms with Crippen LogP contribution in [-0.4, -0.2) is 64.9 Å². The Balaban J connectivity index is 1.63. The molecule has 1 aliphatic heterocycles. The number of benzene rings is 2. The predicted molar refractivity (Wildman–Crippen MR) is 139 cm³/mol. The number of hydrogen-bond donors (Lipinski definition) is 1. The summed E-state index contributed by atoms with van der Waals surface area (Å²) in [7, 11) is 0. The highest BCUT2D eigenvalue weighted by Gasteiger charge is 2.26. The number of rotatable bonds is 12. The zero-order valence-electron chi connectivity index (χ0n) is 21.1. The Morgan fingerprint density at radius 2 is 1.97 bits per heavy atom. The molecule has 7 nitrogen and oxygen atoms in total. The fraction of sp³-hybridized carbons (Fsp3) is 0.414. The summed E-state index contributed by atoms with van der Waals surface area (Å²) in [5.41, 5.74) is 3.92. The fourth-order valence-electron chi connectivity index (χ4n) is 4.40. The Morgan fingerprint density at radius 3 is 2.67 bits per heavy atom. The summed E-state index contributed by atoms with van der Waals surface area (Å²) in [4.78, 5) is 2.20. The second kappa shape index (κ2) is 12.7. The van der Waals surface area contributed by atoms with E-state index in [0.717, 1.165) is 42.1 Å². The Kier molecular flexibility index (Phi) is 9.15. The van der Waals surface area contributed by atoms with Crippen LogP contribution in [0.15, 0.2) is 54.6 Å². The van der Waals surface area contributed by atoms with Crippen molar-refractivity contribution in [3.63, 3.8) is 0 Å².